The van der Waals surface area contributed by atoms with Crippen LogP contribution >= 0.6 is 0 Å². The molecule has 3 aromatic rings. The van der Waals surface area contributed by atoms with Crippen LogP contribution in [0, 0.1) is 0 Å². The van der Waals surface area contributed by atoms with Gasteiger partial charge >= 0.3 is 6.01 Å². The molecule has 1 aliphatic heterocycles. The van der Waals surface area contributed by atoms with Crippen molar-refractivity contribution in [1.82, 2.24) is 15.0 Å². The predicted octanol–water partition coefficient (Wildman–Crippen LogP) is 2.05. The highest BCUT2D eigenvalue weighted by Gasteiger charge is 2.15. The third kappa shape index (κ3) is 6.56. The monoisotopic (exact) mass is 446 g/mol. The van der Waals surface area contributed by atoms with Gasteiger partial charge in [0.15, 0.2) is 0 Å². The number of aromatic nitrogens is 3. The number of carbonyl (C=O) groups is 1. The zero-order valence-corrected chi connectivity index (χ0v) is 18.3. The molecule has 9 nitrogen and oxygen atoms in total. The quantitative estimate of drug-likeness (QED) is 0.500. The number of primary amides is 1. The Hall–Kier alpha value is -3.85. The van der Waals surface area contributed by atoms with Gasteiger partial charge in [0, 0.05) is 49.2 Å². The van der Waals surface area contributed by atoms with Gasteiger partial charge in [-0.15, -0.1) is 0 Å². The number of carbonyl (C=O) groups excluding carboxylic acids is 1. The summed E-state index contributed by atoms with van der Waals surface area (Å²) >= 11 is 0. The molecule has 0 unspecified atom stereocenters. The Labute approximate surface area is 192 Å². The zero-order chi connectivity index (χ0) is 22.9. The molecular weight excluding hydrogens is 420 g/mol. The first-order valence-electron chi connectivity index (χ1n) is 10.8. The lowest BCUT2D eigenvalue weighted by Gasteiger charge is -2.28. The third-order valence-corrected chi connectivity index (χ3v) is 5.07. The number of aliphatic imine (C=N–C) groups is 1. The summed E-state index contributed by atoms with van der Waals surface area (Å²) in [5.74, 6) is 0.317. The Bertz CT molecular complexity index is 1100. The smallest absolute Gasteiger partial charge is 0.318 e. The Morgan fingerprint density at radius 2 is 2.03 bits per heavy atom. The number of nitrogens with two attached hydrogens (primary N) is 1. The van der Waals surface area contributed by atoms with E-state index in [-0.39, 0.29) is 0 Å². The van der Waals surface area contributed by atoms with E-state index < -0.39 is 5.91 Å². The van der Waals surface area contributed by atoms with E-state index >= 15 is 0 Å². The maximum Gasteiger partial charge on any atom is 0.318 e. The van der Waals surface area contributed by atoms with Crippen LogP contribution in [0.3, 0.4) is 0 Å². The van der Waals surface area contributed by atoms with Crippen molar-refractivity contribution < 1.29 is 14.3 Å². The highest BCUT2D eigenvalue weighted by Crippen LogP contribution is 2.17. The second-order valence-corrected chi connectivity index (χ2v) is 7.49. The van der Waals surface area contributed by atoms with Gasteiger partial charge in [-0.1, -0.05) is 18.2 Å². The molecule has 0 bridgehead atoms. The van der Waals surface area contributed by atoms with E-state index in [9.17, 15) is 4.79 Å². The van der Waals surface area contributed by atoms with Gasteiger partial charge in [0.2, 0.25) is 5.91 Å². The fraction of sp³-hybridized carbons (Fsp3) is 0.292. The van der Waals surface area contributed by atoms with Gasteiger partial charge in [-0.3, -0.25) is 14.8 Å². The molecule has 3 heterocycles. The first-order chi connectivity index (χ1) is 16.2. The SMILES string of the molecule is NC(=O)c1cccc(CN=Cc2cc(N3CCOCC3)nc(OCCc3ccccn3)n2)c1. The molecule has 2 aromatic heterocycles. The summed E-state index contributed by atoms with van der Waals surface area (Å²) < 4.78 is 11.3. The van der Waals surface area contributed by atoms with Gasteiger partial charge in [0.25, 0.3) is 0 Å². The van der Waals surface area contributed by atoms with Crippen molar-refractivity contribution in [2.45, 2.75) is 13.0 Å². The topological polar surface area (TPSA) is 116 Å². The van der Waals surface area contributed by atoms with E-state index in [1.54, 1.807) is 30.6 Å². The van der Waals surface area contributed by atoms with Gasteiger partial charge in [-0.25, -0.2) is 0 Å². The summed E-state index contributed by atoms with van der Waals surface area (Å²) in [5, 5.41) is 0. The van der Waals surface area contributed by atoms with Gasteiger partial charge in [0.1, 0.15) is 5.82 Å². The van der Waals surface area contributed by atoms with Gasteiger partial charge in [0.05, 0.1) is 32.1 Å². The number of benzene rings is 1. The van der Waals surface area contributed by atoms with Crippen LogP contribution in [0.1, 0.15) is 27.3 Å². The largest absolute Gasteiger partial charge is 0.463 e. The summed E-state index contributed by atoms with van der Waals surface area (Å²) in [5.41, 5.74) is 8.29. The highest BCUT2D eigenvalue weighted by molar-refractivity contribution is 5.92. The van der Waals surface area contributed by atoms with Crippen LogP contribution in [0.2, 0.25) is 0 Å². The molecule has 1 saturated heterocycles. The number of hydrogen-bond acceptors (Lipinski definition) is 8. The molecule has 4 rings (SSSR count). The minimum Gasteiger partial charge on any atom is -0.463 e. The molecule has 0 radical (unpaired) electrons. The second kappa shape index (κ2) is 11.1. The molecular formula is C24H26N6O3. The molecule has 1 fully saturated rings. The molecule has 1 aromatic carbocycles. The molecule has 0 atom stereocenters. The van der Waals surface area contributed by atoms with E-state index in [2.05, 4.69) is 24.8 Å². The molecule has 170 valence electrons. The fourth-order valence-electron chi connectivity index (χ4n) is 3.38. The Kier molecular flexibility index (Phi) is 7.55. The number of hydrogen-bond donors (Lipinski definition) is 1. The summed E-state index contributed by atoms with van der Waals surface area (Å²) in [6.07, 6.45) is 4.11. The number of amides is 1. The molecule has 33 heavy (non-hydrogen) atoms. The number of ether oxygens (including phenoxy) is 2. The lowest BCUT2D eigenvalue weighted by Crippen LogP contribution is -2.37. The van der Waals surface area contributed by atoms with Crippen LogP contribution in [0.25, 0.3) is 0 Å². The first-order valence-corrected chi connectivity index (χ1v) is 10.8. The predicted molar refractivity (Wildman–Crippen MR) is 125 cm³/mol. The van der Waals surface area contributed by atoms with E-state index in [1.165, 1.54) is 0 Å². The van der Waals surface area contributed by atoms with Crippen molar-refractivity contribution in [1.29, 1.82) is 0 Å². The second-order valence-electron chi connectivity index (χ2n) is 7.49. The number of rotatable bonds is 9. The standard InChI is InChI=1S/C24H26N6O3/c25-23(31)19-5-3-4-18(14-19)16-26-17-21-15-22(30-9-12-32-13-10-30)29-24(28-21)33-11-7-20-6-1-2-8-27-20/h1-6,8,14-15,17H,7,9-13,16H2,(H2,25,31). The van der Waals surface area contributed by atoms with E-state index in [1.807, 2.05) is 30.3 Å². The number of morpholine rings is 1. The summed E-state index contributed by atoms with van der Waals surface area (Å²) in [7, 11) is 0. The van der Waals surface area contributed by atoms with Gasteiger partial charge < -0.3 is 20.1 Å². The van der Waals surface area contributed by atoms with Crippen molar-refractivity contribution in [3.05, 3.63) is 77.2 Å². The van der Waals surface area contributed by atoms with Crippen LogP contribution < -0.4 is 15.4 Å². The molecule has 0 aliphatic carbocycles. The number of anilines is 1. The fourth-order valence-corrected chi connectivity index (χ4v) is 3.38. The summed E-state index contributed by atoms with van der Waals surface area (Å²) in [4.78, 5) is 31.4. The number of pyridine rings is 1. The maximum atomic E-state index is 11.4. The lowest BCUT2D eigenvalue weighted by molar-refractivity contribution is 0.1000. The summed E-state index contributed by atoms with van der Waals surface area (Å²) in [6, 6.07) is 15.1. The van der Waals surface area contributed by atoms with Crippen LogP contribution in [-0.2, 0) is 17.7 Å². The van der Waals surface area contributed by atoms with Crippen molar-refractivity contribution in [3.63, 3.8) is 0 Å². The van der Waals surface area contributed by atoms with Gasteiger partial charge in [-0.2, -0.15) is 9.97 Å². The Morgan fingerprint density at radius 1 is 1.15 bits per heavy atom. The third-order valence-electron chi connectivity index (χ3n) is 5.07. The first kappa shape index (κ1) is 22.3. The molecule has 9 heteroatoms. The summed E-state index contributed by atoms with van der Waals surface area (Å²) in [6.45, 7) is 3.62. The van der Waals surface area contributed by atoms with E-state index in [0.717, 1.165) is 30.2 Å². The van der Waals surface area contributed by atoms with Crippen LogP contribution in [0.5, 0.6) is 6.01 Å². The molecule has 0 spiro atoms. The van der Waals surface area contributed by atoms with Crippen molar-refractivity contribution in [2.75, 3.05) is 37.8 Å². The average Bonchev–Trinajstić information content (AvgIpc) is 2.85. The molecule has 1 amide bonds. The van der Waals surface area contributed by atoms with Gasteiger partial charge in [-0.05, 0) is 29.8 Å². The van der Waals surface area contributed by atoms with E-state index in [0.29, 0.717) is 50.1 Å². The van der Waals surface area contributed by atoms with Crippen LogP contribution in [0.4, 0.5) is 5.82 Å². The minimum atomic E-state index is -0.459. The molecule has 1 aliphatic rings. The van der Waals surface area contributed by atoms with Crippen LogP contribution in [0.15, 0.2) is 59.7 Å². The average molecular weight is 447 g/mol. The Balaban J connectivity index is 1.47. The van der Waals surface area contributed by atoms with Crippen molar-refractivity contribution in [2.24, 2.45) is 10.7 Å². The van der Waals surface area contributed by atoms with E-state index in [4.69, 9.17) is 15.2 Å². The van der Waals surface area contributed by atoms with Crippen LogP contribution in [-0.4, -0.2) is 60.0 Å². The highest BCUT2D eigenvalue weighted by atomic mass is 16.5. The maximum absolute atomic E-state index is 11.4. The van der Waals surface area contributed by atoms with Crippen molar-refractivity contribution >= 4 is 17.9 Å². The molecule has 2 N–H and O–H groups in total. The molecule has 0 saturated carbocycles. The van der Waals surface area contributed by atoms with Crippen molar-refractivity contribution in [3.8, 4) is 6.01 Å². The minimum absolute atomic E-state index is 0.298. The normalized spacial score (nSPS) is 13.9. The Morgan fingerprint density at radius 3 is 2.82 bits per heavy atom. The lowest BCUT2D eigenvalue weighted by atomic mass is 10.1. The number of nitrogens with zero attached hydrogens (tertiary/aromatic N) is 5. The zero-order valence-electron chi connectivity index (χ0n) is 18.3.